The maximum atomic E-state index is 5.40. The van der Waals surface area contributed by atoms with Gasteiger partial charge in [0.05, 0.1) is 19.4 Å². The molecule has 0 spiro atoms. The van der Waals surface area contributed by atoms with Gasteiger partial charge in [-0.2, -0.15) is 0 Å². The molecule has 0 fully saturated rings. The van der Waals surface area contributed by atoms with Crippen LogP contribution >= 0.6 is 0 Å². The van der Waals surface area contributed by atoms with E-state index in [-0.39, 0.29) is 6.79 Å². The van der Waals surface area contributed by atoms with E-state index < -0.39 is 0 Å². The Balaban J connectivity index is 1.55. The highest BCUT2D eigenvalue weighted by Crippen LogP contribution is 2.32. The average molecular weight is 345 g/mol. The number of hydrogen-bond donors (Lipinski definition) is 2. The summed E-state index contributed by atoms with van der Waals surface area (Å²) in [5, 5.41) is 6.56. The van der Waals surface area contributed by atoms with Crippen LogP contribution in [0.1, 0.15) is 11.3 Å². The summed E-state index contributed by atoms with van der Waals surface area (Å²) in [6, 6.07) is 9.72. The fraction of sp³-hybridized carbons (Fsp3) is 0.389. The van der Waals surface area contributed by atoms with E-state index in [1.165, 1.54) is 0 Å². The van der Waals surface area contributed by atoms with Crippen LogP contribution in [0.3, 0.4) is 0 Å². The van der Waals surface area contributed by atoms with E-state index in [1.54, 1.807) is 13.4 Å². The maximum absolute atomic E-state index is 5.40. The molecule has 2 aromatic rings. The van der Waals surface area contributed by atoms with Crippen LogP contribution in [-0.4, -0.2) is 39.6 Å². The van der Waals surface area contributed by atoms with Crippen molar-refractivity contribution in [3.63, 3.8) is 0 Å². The average Bonchev–Trinajstić information content (AvgIpc) is 3.30. The summed E-state index contributed by atoms with van der Waals surface area (Å²) in [6.07, 6.45) is 2.48. The van der Waals surface area contributed by atoms with Crippen molar-refractivity contribution in [2.75, 3.05) is 33.6 Å². The van der Waals surface area contributed by atoms with E-state index in [0.29, 0.717) is 19.7 Å². The van der Waals surface area contributed by atoms with Gasteiger partial charge in [0.2, 0.25) is 6.79 Å². The number of methoxy groups -OCH3 is 1. The molecule has 7 heteroatoms. The molecule has 0 radical (unpaired) electrons. The SMILES string of the molecule is COCCNC(=NCc1ccc2c(c1)OCO2)NCCc1ccco1. The highest BCUT2D eigenvalue weighted by Gasteiger charge is 2.13. The molecule has 0 saturated carbocycles. The van der Waals surface area contributed by atoms with Crippen molar-refractivity contribution >= 4 is 5.96 Å². The number of hydrogen-bond acceptors (Lipinski definition) is 5. The third-order valence-corrected chi connectivity index (χ3v) is 3.70. The topological polar surface area (TPSA) is 77.2 Å². The quantitative estimate of drug-likeness (QED) is 0.432. The number of benzene rings is 1. The van der Waals surface area contributed by atoms with Crippen molar-refractivity contribution in [1.82, 2.24) is 10.6 Å². The third kappa shape index (κ3) is 5.15. The van der Waals surface area contributed by atoms with Gasteiger partial charge in [-0.1, -0.05) is 6.07 Å². The zero-order valence-corrected chi connectivity index (χ0v) is 14.3. The van der Waals surface area contributed by atoms with E-state index in [0.717, 1.165) is 41.7 Å². The largest absolute Gasteiger partial charge is 0.469 e. The second kappa shape index (κ2) is 8.98. The highest BCUT2D eigenvalue weighted by atomic mass is 16.7. The number of nitrogens with zero attached hydrogens (tertiary/aromatic N) is 1. The standard InChI is InChI=1S/C18H23N3O4/c1-22-10-8-20-18(19-7-6-15-3-2-9-23-15)21-12-14-4-5-16-17(11-14)25-13-24-16/h2-5,9,11H,6-8,10,12-13H2,1H3,(H2,19,20,21). The molecule has 7 nitrogen and oxygen atoms in total. The van der Waals surface area contributed by atoms with Crippen LogP contribution in [0.15, 0.2) is 46.0 Å². The van der Waals surface area contributed by atoms with Crippen LogP contribution in [-0.2, 0) is 17.7 Å². The van der Waals surface area contributed by atoms with Crippen molar-refractivity contribution in [3.05, 3.63) is 47.9 Å². The molecule has 1 aliphatic rings. The predicted octanol–water partition coefficient (Wildman–Crippen LogP) is 1.93. The summed E-state index contributed by atoms with van der Waals surface area (Å²) in [5.74, 6) is 3.23. The molecule has 2 heterocycles. The molecule has 0 saturated heterocycles. The van der Waals surface area contributed by atoms with Crippen LogP contribution in [0.4, 0.5) is 0 Å². The maximum Gasteiger partial charge on any atom is 0.231 e. The molecule has 0 unspecified atom stereocenters. The number of aliphatic imine (C=N–C) groups is 1. The lowest BCUT2D eigenvalue weighted by Crippen LogP contribution is -2.40. The van der Waals surface area contributed by atoms with E-state index in [4.69, 9.17) is 18.6 Å². The molecule has 0 atom stereocenters. The molecule has 25 heavy (non-hydrogen) atoms. The van der Waals surface area contributed by atoms with Crippen molar-refractivity contribution in [2.24, 2.45) is 4.99 Å². The Morgan fingerprint density at radius 1 is 1.16 bits per heavy atom. The molecule has 134 valence electrons. The Bertz CT molecular complexity index is 686. The van der Waals surface area contributed by atoms with Crippen LogP contribution in [0.25, 0.3) is 0 Å². The van der Waals surface area contributed by atoms with Crippen molar-refractivity contribution in [3.8, 4) is 11.5 Å². The molecule has 0 amide bonds. The Hall–Kier alpha value is -2.67. The number of nitrogens with one attached hydrogen (secondary N) is 2. The molecule has 1 aromatic heterocycles. The molecular weight excluding hydrogens is 322 g/mol. The molecule has 0 aliphatic carbocycles. The van der Waals surface area contributed by atoms with Crippen LogP contribution in [0, 0.1) is 0 Å². The van der Waals surface area contributed by atoms with E-state index in [1.807, 2.05) is 30.3 Å². The van der Waals surface area contributed by atoms with Gasteiger partial charge in [-0.3, -0.25) is 0 Å². The lowest BCUT2D eigenvalue weighted by molar-refractivity contribution is 0.174. The monoisotopic (exact) mass is 345 g/mol. The van der Waals surface area contributed by atoms with Gasteiger partial charge in [0.15, 0.2) is 17.5 Å². The number of ether oxygens (including phenoxy) is 3. The molecule has 0 bridgehead atoms. The first kappa shape index (κ1) is 17.2. The van der Waals surface area contributed by atoms with Crippen LogP contribution in [0.5, 0.6) is 11.5 Å². The van der Waals surface area contributed by atoms with E-state index in [2.05, 4.69) is 15.6 Å². The fourth-order valence-electron chi connectivity index (χ4n) is 2.41. The fourth-order valence-corrected chi connectivity index (χ4v) is 2.41. The summed E-state index contributed by atoms with van der Waals surface area (Å²) in [4.78, 5) is 4.62. The first-order valence-electron chi connectivity index (χ1n) is 8.27. The second-order valence-corrected chi connectivity index (χ2v) is 5.53. The zero-order chi connectivity index (χ0) is 17.3. The molecule has 3 rings (SSSR count). The Morgan fingerprint density at radius 2 is 2.04 bits per heavy atom. The number of guanidine groups is 1. The summed E-state index contributed by atoms with van der Waals surface area (Å²) in [5.41, 5.74) is 1.06. The Morgan fingerprint density at radius 3 is 2.88 bits per heavy atom. The Kier molecular flexibility index (Phi) is 6.17. The van der Waals surface area contributed by atoms with Gasteiger partial charge in [0, 0.05) is 26.6 Å². The summed E-state index contributed by atoms with van der Waals surface area (Å²) in [7, 11) is 1.68. The number of rotatable bonds is 8. The van der Waals surface area contributed by atoms with Gasteiger partial charge >= 0.3 is 0 Å². The molecule has 1 aromatic carbocycles. The summed E-state index contributed by atoms with van der Waals surface area (Å²) >= 11 is 0. The minimum Gasteiger partial charge on any atom is -0.469 e. The van der Waals surface area contributed by atoms with Gasteiger partial charge < -0.3 is 29.3 Å². The van der Waals surface area contributed by atoms with Gasteiger partial charge in [-0.25, -0.2) is 4.99 Å². The highest BCUT2D eigenvalue weighted by molar-refractivity contribution is 5.79. The third-order valence-electron chi connectivity index (χ3n) is 3.70. The second-order valence-electron chi connectivity index (χ2n) is 5.53. The number of furan rings is 1. The smallest absolute Gasteiger partial charge is 0.231 e. The molecule has 2 N–H and O–H groups in total. The Labute approximate surface area is 147 Å². The normalized spacial score (nSPS) is 13.1. The van der Waals surface area contributed by atoms with Crippen LogP contribution < -0.4 is 20.1 Å². The molecule has 1 aliphatic heterocycles. The van der Waals surface area contributed by atoms with Crippen molar-refractivity contribution in [2.45, 2.75) is 13.0 Å². The predicted molar refractivity (Wildman–Crippen MR) is 94.0 cm³/mol. The van der Waals surface area contributed by atoms with Gasteiger partial charge in [-0.15, -0.1) is 0 Å². The van der Waals surface area contributed by atoms with Crippen LogP contribution in [0.2, 0.25) is 0 Å². The minimum absolute atomic E-state index is 0.278. The first-order chi connectivity index (χ1) is 12.3. The van der Waals surface area contributed by atoms with E-state index in [9.17, 15) is 0 Å². The lowest BCUT2D eigenvalue weighted by Gasteiger charge is -2.12. The first-order valence-corrected chi connectivity index (χ1v) is 8.27. The van der Waals surface area contributed by atoms with E-state index >= 15 is 0 Å². The summed E-state index contributed by atoms with van der Waals surface area (Å²) < 4.78 is 21.1. The van der Waals surface area contributed by atoms with Crippen molar-refractivity contribution < 1.29 is 18.6 Å². The van der Waals surface area contributed by atoms with Gasteiger partial charge in [0.1, 0.15) is 5.76 Å². The molecular formula is C18H23N3O4. The van der Waals surface area contributed by atoms with Gasteiger partial charge in [-0.05, 0) is 29.8 Å². The zero-order valence-electron chi connectivity index (χ0n) is 14.3. The summed E-state index contributed by atoms with van der Waals surface area (Å²) in [6.45, 7) is 2.85. The van der Waals surface area contributed by atoms with Gasteiger partial charge in [0.25, 0.3) is 0 Å². The van der Waals surface area contributed by atoms with Crippen molar-refractivity contribution in [1.29, 1.82) is 0 Å². The minimum atomic E-state index is 0.278. The number of fused-ring (bicyclic) bond motifs is 1. The lowest BCUT2D eigenvalue weighted by atomic mass is 10.2.